The van der Waals surface area contributed by atoms with E-state index in [1.165, 1.54) is 4.90 Å². The number of carbonyl (C=O) groups is 1. The van der Waals surface area contributed by atoms with E-state index < -0.39 is 6.09 Å². The Kier molecular flexibility index (Phi) is 4.76. The molecule has 1 N–H and O–H groups in total. The van der Waals surface area contributed by atoms with Crippen LogP contribution < -0.4 is 4.74 Å². The molecule has 21 heavy (non-hydrogen) atoms. The molecule has 1 saturated heterocycles. The van der Waals surface area contributed by atoms with Crippen LogP contribution in [0.4, 0.5) is 4.79 Å². The summed E-state index contributed by atoms with van der Waals surface area (Å²) in [5.74, 6) is 0.583. The van der Waals surface area contributed by atoms with E-state index in [-0.39, 0.29) is 17.6 Å². The minimum atomic E-state index is -0.852. The van der Waals surface area contributed by atoms with Gasteiger partial charge in [0.15, 0.2) is 0 Å². The van der Waals surface area contributed by atoms with Gasteiger partial charge in [-0.15, -0.1) is 0 Å². The van der Waals surface area contributed by atoms with Gasteiger partial charge in [-0.25, -0.2) is 9.78 Å². The maximum Gasteiger partial charge on any atom is 0.407 e. The molecule has 2 rings (SSSR count). The summed E-state index contributed by atoms with van der Waals surface area (Å²) >= 11 is 3.34. The number of hydrogen-bond acceptors (Lipinski definition) is 3. The number of pyridine rings is 1. The number of ether oxygens (including phenoxy) is 1. The van der Waals surface area contributed by atoms with Gasteiger partial charge in [0.1, 0.15) is 6.10 Å². The van der Waals surface area contributed by atoms with E-state index >= 15 is 0 Å². The molecule has 0 bridgehead atoms. The molecule has 2 unspecified atom stereocenters. The number of carboxylic acid groups (broad SMARTS) is 1. The Morgan fingerprint density at radius 3 is 2.71 bits per heavy atom. The summed E-state index contributed by atoms with van der Waals surface area (Å²) in [4.78, 5) is 17.1. The number of piperidine rings is 1. The van der Waals surface area contributed by atoms with Crippen molar-refractivity contribution in [3.8, 4) is 5.88 Å². The topological polar surface area (TPSA) is 62.7 Å². The van der Waals surface area contributed by atoms with Gasteiger partial charge in [-0.2, -0.15) is 0 Å². The van der Waals surface area contributed by atoms with Crippen LogP contribution in [0, 0.1) is 5.41 Å². The van der Waals surface area contributed by atoms with Crippen molar-refractivity contribution in [3.63, 3.8) is 0 Å². The molecule has 0 spiro atoms. The van der Waals surface area contributed by atoms with Crippen LogP contribution in [0.3, 0.4) is 0 Å². The largest absolute Gasteiger partial charge is 0.474 e. The standard InChI is InChI=1S/C15H21BrN2O3/c1-15(2,3)12-8-11(6-7-18(12)14(19)20)21-13-5-4-10(16)9-17-13/h4-5,9,11-12H,6-8H2,1-3H3,(H,19,20). The molecule has 1 fully saturated rings. The first kappa shape index (κ1) is 16.1. The van der Waals surface area contributed by atoms with Crippen LogP contribution >= 0.6 is 15.9 Å². The van der Waals surface area contributed by atoms with Gasteiger partial charge in [0.2, 0.25) is 5.88 Å². The molecule has 1 amide bonds. The fourth-order valence-corrected chi connectivity index (χ4v) is 2.93. The Morgan fingerprint density at radius 1 is 1.48 bits per heavy atom. The summed E-state index contributed by atoms with van der Waals surface area (Å²) in [6.45, 7) is 6.69. The van der Waals surface area contributed by atoms with Gasteiger partial charge in [-0.3, -0.25) is 0 Å². The second kappa shape index (κ2) is 6.22. The molecule has 1 aliphatic heterocycles. The Hall–Kier alpha value is -1.30. The third-order valence-electron chi connectivity index (χ3n) is 3.79. The number of amides is 1. The lowest BCUT2D eigenvalue weighted by molar-refractivity contribution is 0.0117. The highest BCUT2D eigenvalue weighted by atomic mass is 79.9. The average Bonchev–Trinajstić information content (AvgIpc) is 2.40. The van der Waals surface area contributed by atoms with Gasteiger partial charge in [0, 0.05) is 42.2 Å². The molecule has 6 heteroatoms. The van der Waals surface area contributed by atoms with Crippen molar-refractivity contribution in [1.82, 2.24) is 9.88 Å². The van der Waals surface area contributed by atoms with Gasteiger partial charge < -0.3 is 14.7 Å². The lowest BCUT2D eigenvalue weighted by atomic mass is 9.80. The first-order chi connectivity index (χ1) is 9.77. The van der Waals surface area contributed by atoms with Crippen LogP contribution in [0.1, 0.15) is 33.6 Å². The van der Waals surface area contributed by atoms with Crippen molar-refractivity contribution < 1.29 is 14.6 Å². The van der Waals surface area contributed by atoms with Gasteiger partial charge in [0.25, 0.3) is 0 Å². The summed E-state index contributed by atoms with van der Waals surface area (Å²) in [6, 6.07) is 3.65. The maximum atomic E-state index is 11.4. The molecule has 1 aliphatic rings. The zero-order chi connectivity index (χ0) is 15.6. The van der Waals surface area contributed by atoms with Gasteiger partial charge in [0.05, 0.1) is 0 Å². The predicted octanol–water partition coefficient (Wildman–Crippen LogP) is 3.78. The van der Waals surface area contributed by atoms with Crippen LogP contribution in [0.15, 0.2) is 22.8 Å². The third kappa shape index (κ3) is 4.09. The molecule has 116 valence electrons. The van der Waals surface area contributed by atoms with E-state index in [0.717, 1.165) is 4.47 Å². The highest BCUT2D eigenvalue weighted by Gasteiger charge is 2.39. The Morgan fingerprint density at radius 2 is 2.19 bits per heavy atom. The van der Waals surface area contributed by atoms with Crippen LogP contribution in [0.2, 0.25) is 0 Å². The van der Waals surface area contributed by atoms with Crippen molar-refractivity contribution in [1.29, 1.82) is 0 Å². The Labute approximate surface area is 133 Å². The van der Waals surface area contributed by atoms with E-state index in [1.807, 2.05) is 12.1 Å². The van der Waals surface area contributed by atoms with Crippen LogP contribution in [0.25, 0.3) is 0 Å². The number of likely N-dealkylation sites (tertiary alicyclic amines) is 1. The molecule has 0 aromatic carbocycles. The minimum absolute atomic E-state index is 0.00139. The summed E-state index contributed by atoms with van der Waals surface area (Å²) in [7, 11) is 0. The average molecular weight is 357 g/mol. The number of hydrogen-bond donors (Lipinski definition) is 1. The molecule has 2 heterocycles. The van der Waals surface area contributed by atoms with E-state index in [0.29, 0.717) is 25.3 Å². The molecule has 5 nitrogen and oxygen atoms in total. The summed E-state index contributed by atoms with van der Waals surface area (Å²) in [5, 5.41) is 9.35. The monoisotopic (exact) mass is 356 g/mol. The Balaban J connectivity index is 2.07. The van der Waals surface area contributed by atoms with E-state index in [4.69, 9.17) is 4.74 Å². The molecule has 1 aromatic heterocycles. The second-order valence-corrected chi connectivity index (χ2v) is 7.35. The molecular formula is C15H21BrN2O3. The number of aromatic nitrogens is 1. The van der Waals surface area contributed by atoms with Gasteiger partial charge in [-0.05, 0) is 27.4 Å². The molecular weight excluding hydrogens is 336 g/mol. The summed E-state index contributed by atoms with van der Waals surface area (Å²) in [6.07, 6.45) is 2.22. The Bertz CT molecular complexity index is 499. The number of rotatable bonds is 2. The first-order valence-corrected chi connectivity index (χ1v) is 7.84. The van der Waals surface area contributed by atoms with E-state index in [2.05, 4.69) is 41.7 Å². The predicted molar refractivity (Wildman–Crippen MR) is 83.6 cm³/mol. The summed E-state index contributed by atoms with van der Waals surface area (Å²) in [5.41, 5.74) is -0.117. The van der Waals surface area contributed by atoms with Crippen molar-refractivity contribution in [2.24, 2.45) is 5.41 Å². The molecule has 2 atom stereocenters. The lowest BCUT2D eigenvalue weighted by Crippen LogP contribution is -2.53. The number of nitrogens with zero attached hydrogens (tertiary/aromatic N) is 2. The van der Waals surface area contributed by atoms with Crippen LogP contribution in [0.5, 0.6) is 5.88 Å². The third-order valence-corrected chi connectivity index (χ3v) is 4.26. The van der Waals surface area contributed by atoms with E-state index in [1.54, 1.807) is 6.20 Å². The van der Waals surface area contributed by atoms with Crippen molar-refractivity contribution >= 4 is 22.0 Å². The molecule has 0 aliphatic carbocycles. The van der Waals surface area contributed by atoms with Crippen molar-refractivity contribution in [2.75, 3.05) is 6.54 Å². The van der Waals surface area contributed by atoms with Crippen LogP contribution in [-0.2, 0) is 0 Å². The highest BCUT2D eigenvalue weighted by Crippen LogP contribution is 2.33. The molecule has 0 radical (unpaired) electrons. The fraction of sp³-hybridized carbons (Fsp3) is 0.600. The molecule has 0 saturated carbocycles. The quantitative estimate of drug-likeness (QED) is 0.875. The first-order valence-electron chi connectivity index (χ1n) is 7.05. The van der Waals surface area contributed by atoms with Gasteiger partial charge >= 0.3 is 6.09 Å². The SMILES string of the molecule is CC(C)(C)C1CC(Oc2ccc(Br)cn2)CCN1C(=O)O. The number of halogens is 1. The zero-order valence-corrected chi connectivity index (χ0v) is 14.1. The maximum absolute atomic E-state index is 11.4. The van der Waals surface area contributed by atoms with Crippen molar-refractivity contribution in [3.05, 3.63) is 22.8 Å². The van der Waals surface area contributed by atoms with Crippen molar-refractivity contribution in [2.45, 2.75) is 45.8 Å². The second-order valence-electron chi connectivity index (χ2n) is 6.44. The fourth-order valence-electron chi connectivity index (χ4n) is 2.69. The van der Waals surface area contributed by atoms with E-state index in [9.17, 15) is 9.90 Å². The molecule has 1 aromatic rings. The summed E-state index contributed by atoms with van der Waals surface area (Å²) < 4.78 is 6.82. The highest BCUT2D eigenvalue weighted by molar-refractivity contribution is 9.10. The normalized spacial score (nSPS) is 23.0. The smallest absolute Gasteiger partial charge is 0.407 e. The zero-order valence-electron chi connectivity index (χ0n) is 12.5. The minimum Gasteiger partial charge on any atom is -0.474 e. The van der Waals surface area contributed by atoms with Crippen LogP contribution in [-0.4, -0.2) is 39.8 Å². The van der Waals surface area contributed by atoms with Gasteiger partial charge in [-0.1, -0.05) is 20.8 Å². The lowest BCUT2D eigenvalue weighted by Gasteiger charge is -2.44.